The number of nitrogens with one attached hydrogen (secondary N) is 3. The molecule has 0 radical (unpaired) electrons. The van der Waals surface area contributed by atoms with Crippen molar-refractivity contribution in [2.45, 2.75) is 40.5 Å². The lowest BCUT2D eigenvalue weighted by Crippen LogP contribution is -2.07. The van der Waals surface area contributed by atoms with Crippen LogP contribution in [0, 0.1) is 27.7 Å². The number of carboxylic acids is 1. The third kappa shape index (κ3) is 14.6. The summed E-state index contributed by atoms with van der Waals surface area (Å²) in [5.41, 5.74) is 9.15. The first-order chi connectivity index (χ1) is 34.9. The molecule has 0 bridgehead atoms. The molecule has 0 spiro atoms. The van der Waals surface area contributed by atoms with Crippen LogP contribution in [0.25, 0.3) is 34.2 Å². The quantitative estimate of drug-likeness (QED) is 0.0674. The molecular formula is C49H43F3N12O6S3. The average Bonchev–Trinajstić information content (AvgIpc) is 4.17. The number of aromatic nitrogens is 9. The maximum Gasteiger partial charge on any atom is 0.416 e. The number of rotatable bonds is 13. The topological polar surface area (TPSA) is 245 Å². The molecule has 0 saturated heterocycles. The van der Waals surface area contributed by atoms with Crippen molar-refractivity contribution >= 4 is 80.9 Å². The molecule has 3 aromatic carbocycles. The van der Waals surface area contributed by atoms with Crippen LogP contribution in [0.5, 0.6) is 5.75 Å². The number of carboxylic acid groups (broad SMARTS) is 1. The van der Waals surface area contributed by atoms with Crippen LogP contribution in [0.2, 0.25) is 0 Å². The Morgan fingerprint density at radius 2 is 0.986 bits per heavy atom. The number of hydrogen-bond donors (Lipinski definition) is 5. The van der Waals surface area contributed by atoms with Crippen LogP contribution >= 0.6 is 34.0 Å². The number of aromatic carboxylic acids is 1. The smallest absolute Gasteiger partial charge is 0.416 e. The zero-order valence-electron chi connectivity index (χ0n) is 39.5. The highest BCUT2D eigenvalue weighted by molar-refractivity contribution is 7.12. The lowest BCUT2D eigenvalue weighted by atomic mass is 10.1. The zero-order chi connectivity index (χ0) is 52.2. The van der Waals surface area contributed by atoms with Gasteiger partial charge in [-0.25, -0.2) is 54.4 Å². The van der Waals surface area contributed by atoms with E-state index in [1.807, 2.05) is 52.0 Å². The fourth-order valence-electron chi connectivity index (χ4n) is 6.68. The van der Waals surface area contributed by atoms with Crippen molar-refractivity contribution in [3.63, 3.8) is 0 Å². The molecule has 374 valence electrons. The number of nitrogens with zero attached hydrogens (tertiary/aromatic N) is 9. The number of anilines is 6. The summed E-state index contributed by atoms with van der Waals surface area (Å²) in [6.45, 7) is 7.96. The second-order valence-electron chi connectivity index (χ2n) is 15.5. The fraction of sp³-hybridized carbons (Fsp3) is 0.163. The normalized spacial score (nSPS) is 10.8. The van der Waals surface area contributed by atoms with Gasteiger partial charge in [0.25, 0.3) is 0 Å². The zero-order valence-corrected chi connectivity index (χ0v) is 42.0. The lowest BCUT2D eigenvalue weighted by Gasteiger charge is -2.12. The lowest BCUT2D eigenvalue weighted by molar-refractivity contribution is -0.137. The van der Waals surface area contributed by atoms with Gasteiger partial charge in [-0.2, -0.15) is 13.2 Å². The van der Waals surface area contributed by atoms with Gasteiger partial charge in [0.15, 0.2) is 0 Å². The van der Waals surface area contributed by atoms with Gasteiger partial charge in [0, 0.05) is 57.9 Å². The first kappa shape index (κ1) is 52.5. The number of aliphatic hydroxyl groups excluding tert-OH is 1. The van der Waals surface area contributed by atoms with E-state index in [9.17, 15) is 22.8 Å². The summed E-state index contributed by atoms with van der Waals surface area (Å²) in [7, 11) is 2.62. The summed E-state index contributed by atoms with van der Waals surface area (Å²) >= 11 is 3.58. The molecule has 6 aromatic heterocycles. The van der Waals surface area contributed by atoms with Crippen LogP contribution in [-0.2, 0) is 17.5 Å². The van der Waals surface area contributed by atoms with Crippen molar-refractivity contribution in [2.24, 2.45) is 0 Å². The van der Waals surface area contributed by atoms with E-state index in [0.717, 1.165) is 57.1 Å². The van der Waals surface area contributed by atoms with Gasteiger partial charge < -0.3 is 35.6 Å². The number of aliphatic hydroxyl groups is 1. The first-order valence-electron chi connectivity index (χ1n) is 21.5. The number of aryl methyl sites for hydroxylation is 4. The molecule has 0 aliphatic heterocycles. The van der Waals surface area contributed by atoms with Gasteiger partial charge in [-0.1, -0.05) is 12.1 Å². The minimum absolute atomic E-state index is 0.0439. The maximum atomic E-state index is 13.0. The minimum Gasteiger partial charge on any atom is -0.497 e. The van der Waals surface area contributed by atoms with Gasteiger partial charge in [0.05, 0.1) is 43.5 Å². The SMILES string of the molecule is COC(=O)c1nc(-c2ccnc(Nc3cc(C)cc(C)c3)n2)cs1.COc1cc(Nc2nccc(-c3csc(CO)n3)n2)cc(C(F)(F)F)c1.Cc1cc(C)cc(Nc2nccc(-c3csc(C(=O)O)n3)n2)c1. The summed E-state index contributed by atoms with van der Waals surface area (Å²) in [6, 6.07) is 20.6. The fourth-order valence-corrected chi connectivity index (χ4v) is 8.70. The Bertz CT molecular complexity index is 3350. The Hall–Kier alpha value is -8.32. The number of esters is 1. The molecule has 6 heterocycles. The second-order valence-corrected chi connectivity index (χ2v) is 18.2. The molecular weight excluding hydrogens is 1010 g/mol. The first-order valence-corrected chi connectivity index (χ1v) is 24.1. The second kappa shape index (κ2) is 23.7. The molecule has 0 aliphatic rings. The third-order valence-electron chi connectivity index (χ3n) is 9.67. The van der Waals surface area contributed by atoms with E-state index in [-0.39, 0.29) is 29.0 Å². The number of hydrogen-bond acceptors (Lipinski definition) is 20. The van der Waals surface area contributed by atoms with Crippen LogP contribution in [0.3, 0.4) is 0 Å². The summed E-state index contributed by atoms with van der Waals surface area (Å²) in [5.74, 6) is -0.395. The van der Waals surface area contributed by atoms with Crippen LogP contribution in [0.15, 0.2) is 108 Å². The van der Waals surface area contributed by atoms with E-state index < -0.39 is 23.7 Å². The van der Waals surface area contributed by atoms with Crippen molar-refractivity contribution in [2.75, 3.05) is 30.2 Å². The molecule has 9 aromatic rings. The van der Waals surface area contributed by atoms with Crippen LogP contribution in [-0.4, -0.2) is 81.2 Å². The largest absolute Gasteiger partial charge is 0.497 e. The highest BCUT2D eigenvalue weighted by atomic mass is 32.1. The van der Waals surface area contributed by atoms with Gasteiger partial charge in [-0.05, 0) is 105 Å². The molecule has 5 N–H and O–H groups in total. The third-order valence-corrected chi connectivity index (χ3v) is 12.2. The molecule has 0 saturated carbocycles. The predicted molar refractivity (Wildman–Crippen MR) is 273 cm³/mol. The Morgan fingerprint density at radius 1 is 0.562 bits per heavy atom. The highest BCUT2D eigenvalue weighted by Crippen LogP contribution is 2.35. The van der Waals surface area contributed by atoms with Crippen molar-refractivity contribution in [1.29, 1.82) is 0 Å². The monoisotopic (exact) mass is 1050 g/mol. The van der Waals surface area contributed by atoms with Crippen molar-refractivity contribution in [3.05, 3.63) is 150 Å². The maximum absolute atomic E-state index is 13.0. The molecule has 0 unspecified atom stereocenters. The van der Waals surface area contributed by atoms with Gasteiger partial charge in [0.1, 0.15) is 27.8 Å². The Kier molecular flexibility index (Phi) is 17.1. The summed E-state index contributed by atoms with van der Waals surface area (Å²) in [5, 5.41) is 33.2. The summed E-state index contributed by atoms with van der Waals surface area (Å²) in [6.07, 6.45) is 0.236. The van der Waals surface area contributed by atoms with Gasteiger partial charge >= 0.3 is 18.1 Å². The Morgan fingerprint density at radius 3 is 1.38 bits per heavy atom. The standard InChI is InChI=1S/C17H16N4O2S.C16H13F3N4O2S.C16H14N4O2S/c1-10-6-11(2)8-12(7-10)19-17-18-5-4-13(21-17)14-9-24-15(20-14)16(22)23-3;1-25-11-5-9(16(17,18)19)4-10(6-11)21-15-20-3-2-12(23-15)13-8-26-14(7-24)22-13;1-9-5-10(2)7-11(6-9)18-16-17-4-3-12(20-16)13-8-23-14(19-13)15(21)22/h4-9H,1-3H3,(H,18,19,21);2-6,8,24H,7H2,1H3,(H,20,21,23);3-8H,1-2H3,(H,21,22)(H,17,18,20). The molecule has 0 atom stereocenters. The number of thiazole rings is 3. The molecule has 73 heavy (non-hydrogen) atoms. The van der Waals surface area contributed by atoms with E-state index in [1.54, 1.807) is 46.7 Å². The molecule has 9 rings (SSSR count). The number of alkyl halides is 3. The molecule has 0 amide bonds. The number of carbonyl (C=O) groups is 2. The Balaban J connectivity index is 0.000000161. The Labute approximate surface area is 427 Å². The molecule has 18 nitrogen and oxygen atoms in total. The average molecular weight is 1050 g/mol. The van der Waals surface area contributed by atoms with Crippen LogP contribution in [0.1, 0.15) is 52.4 Å². The van der Waals surface area contributed by atoms with Gasteiger partial charge in [-0.3, -0.25) is 0 Å². The number of methoxy groups -OCH3 is 2. The van der Waals surface area contributed by atoms with Crippen LogP contribution in [0.4, 0.5) is 48.1 Å². The molecule has 0 fully saturated rings. The predicted octanol–water partition coefficient (Wildman–Crippen LogP) is 11.3. The number of carbonyl (C=O) groups excluding carboxylic acids is 1. The van der Waals surface area contributed by atoms with E-state index in [2.05, 4.69) is 77.7 Å². The van der Waals surface area contributed by atoms with E-state index in [4.69, 9.17) is 14.9 Å². The molecule has 24 heteroatoms. The van der Waals surface area contributed by atoms with E-state index in [1.165, 1.54) is 49.2 Å². The number of benzene rings is 3. The van der Waals surface area contributed by atoms with Gasteiger partial charge in [-0.15, -0.1) is 34.0 Å². The van der Waals surface area contributed by atoms with Crippen molar-refractivity contribution in [3.8, 4) is 39.9 Å². The van der Waals surface area contributed by atoms with Crippen molar-refractivity contribution in [1.82, 2.24) is 44.9 Å². The van der Waals surface area contributed by atoms with E-state index in [0.29, 0.717) is 56.1 Å². The number of halogens is 3. The van der Waals surface area contributed by atoms with Crippen LogP contribution < -0.4 is 20.7 Å². The van der Waals surface area contributed by atoms with Gasteiger partial charge in [0.2, 0.25) is 27.9 Å². The van der Waals surface area contributed by atoms with Crippen molar-refractivity contribution < 1.29 is 42.4 Å². The van der Waals surface area contributed by atoms with E-state index >= 15 is 0 Å². The summed E-state index contributed by atoms with van der Waals surface area (Å²) in [4.78, 5) is 60.5. The minimum atomic E-state index is -4.50. The highest BCUT2D eigenvalue weighted by Gasteiger charge is 2.31. The summed E-state index contributed by atoms with van der Waals surface area (Å²) < 4.78 is 48.6. The number of ether oxygens (including phenoxy) is 2. The molecule has 0 aliphatic carbocycles.